The maximum Gasteiger partial charge on any atom is 0.222 e. The highest BCUT2D eigenvalue weighted by Crippen LogP contribution is 2.87. The van der Waals surface area contributed by atoms with E-state index in [4.69, 9.17) is 14.2 Å². The molecule has 1 amide bonds. The molecule has 7 heteroatoms. The number of nitrogens with zero attached hydrogens (tertiary/aromatic N) is 1. The van der Waals surface area contributed by atoms with Gasteiger partial charge in [-0.15, -0.1) is 0 Å². The van der Waals surface area contributed by atoms with Gasteiger partial charge in [-0.2, -0.15) is 0 Å². The van der Waals surface area contributed by atoms with Gasteiger partial charge in [0.25, 0.3) is 0 Å². The minimum Gasteiger partial charge on any atom is -0.388 e. The maximum absolute atomic E-state index is 12.9. The van der Waals surface area contributed by atoms with Crippen molar-refractivity contribution in [1.29, 1.82) is 0 Å². The molecule has 7 fully saturated rings. The van der Waals surface area contributed by atoms with Gasteiger partial charge in [-0.25, -0.2) is 0 Å². The Balaban J connectivity index is 0.00000372. The Kier molecular flexibility index (Phi) is 8.33. The summed E-state index contributed by atoms with van der Waals surface area (Å²) < 4.78 is 19.6. The first-order valence-electron chi connectivity index (χ1n) is 18.9. The predicted octanol–water partition coefficient (Wildman–Crippen LogP) is 6.72. The van der Waals surface area contributed by atoms with Gasteiger partial charge in [0.05, 0.1) is 37.1 Å². The third kappa shape index (κ3) is 5.09. The Morgan fingerprint density at radius 2 is 1.80 bits per heavy atom. The summed E-state index contributed by atoms with van der Waals surface area (Å²) in [5, 5.41) is 21.4. The summed E-state index contributed by atoms with van der Waals surface area (Å²) in [5.74, 6) is 2.98. The van der Waals surface area contributed by atoms with Crippen molar-refractivity contribution in [3.63, 3.8) is 0 Å². The van der Waals surface area contributed by atoms with Crippen molar-refractivity contribution in [2.24, 2.45) is 45.3 Å². The second kappa shape index (κ2) is 11.4. The minimum absolute atomic E-state index is 0. The van der Waals surface area contributed by atoms with Crippen LogP contribution in [0.1, 0.15) is 133 Å². The largest absolute Gasteiger partial charge is 0.388 e. The van der Waals surface area contributed by atoms with Gasteiger partial charge in [0, 0.05) is 14.4 Å². The topological polar surface area (TPSA) is 88.5 Å². The Morgan fingerprint density at radius 3 is 2.56 bits per heavy atom. The highest BCUT2D eigenvalue weighted by molar-refractivity contribution is 5.76. The predicted molar refractivity (Wildman–Crippen MR) is 175 cm³/mol. The van der Waals surface area contributed by atoms with Crippen LogP contribution in [0.4, 0.5) is 0 Å². The van der Waals surface area contributed by atoms with Crippen LogP contribution in [0.3, 0.4) is 0 Å². The summed E-state index contributed by atoms with van der Waals surface area (Å²) in [6.45, 7) is 14.9. The number of amides is 1. The molecule has 0 aromatic heterocycles. The SMILES string of the molecule is CCCCCC(=O)N1CCOC(O[C@H]2CCC34C[C@]35CC[C@]3(C)C6CCC([C@H](O)C(C)(C)O)OC6CC3C5CCC4C2(C)C)C1.[HH]. The molecule has 0 bridgehead atoms. The van der Waals surface area contributed by atoms with E-state index in [0.717, 1.165) is 50.9 Å². The van der Waals surface area contributed by atoms with Gasteiger partial charge in [0.1, 0.15) is 6.10 Å². The summed E-state index contributed by atoms with van der Waals surface area (Å²) in [5.41, 5.74) is 0.195. The van der Waals surface area contributed by atoms with Crippen LogP contribution in [0.5, 0.6) is 0 Å². The lowest BCUT2D eigenvalue weighted by molar-refractivity contribution is -0.244. The molecule has 2 heterocycles. The van der Waals surface area contributed by atoms with E-state index in [9.17, 15) is 15.0 Å². The van der Waals surface area contributed by atoms with E-state index in [0.29, 0.717) is 60.1 Å². The number of carbonyl (C=O) groups excluding carboxylic acids is 1. The molecule has 2 N–H and O–H groups in total. The van der Waals surface area contributed by atoms with Crippen molar-refractivity contribution in [3.05, 3.63) is 0 Å². The summed E-state index contributed by atoms with van der Waals surface area (Å²) >= 11 is 0. The summed E-state index contributed by atoms with van der Waals surface area (Å²) in [6, 6.07) is 0. The molecule has 7 nitrogen and oxygen atoms in total. The standard InChI is InChI=1S/C38H63NO6.H2/c1-7-8-9-10-31(40)39-19-20-43-32(22-39)45-30-15-16-38-23-37(38)18-17-36(6)25-11-13-27(33(41)35(4,5)42)44-28(25)21-26(36)24(37)12-14-29(38)34(30,2)3;/h24-30,32-33,41-42H,7-23H2,1-6H3;1H/t24?,25?,26?,27?,28?,29?,30-,32?,33-,36+,37-,38?;/m0./s1. The van der Waals surface area contributed by atoms with Crippen LogP contribution in [0.2, 0.25) is 0 Å². The Bertz CT molecular complexity index is 1130. The number of ether oxygens (including phenoxy) is 3. The third-order valence-electron chi connectivity index (χ3n) is 15.3. The monoisotopic (exact) mass is 631 g/mol. The van der Waals surface area contributed by atoms with Crippen LogP contribution >= 0.6 is 0 Å². The second-order valence-electron chi connectivity index (χ2n) is 18.2. The number of carbonyl (C=O) groups is 1. The lowest BCUT2D eigenvalue weighted by Crippen LogP contribution is -2.56. The van der Waals surface area contributed by atoms with Gasteiger partial charge < -0.3 is 29.3 Å². The van der Waals surface area contributed by atoms with Crippen LogP contribution in [0.15, 0.2) is 0 Å². The number of unbranched alkanes of at least 4 members (excludes halogenated alkanes) is 2. The molecule has 0 aromatic carbocycles. The summed E-state index contributed by atoms with van der Waals surface area (Å²) in [6.07, 6.45) is 14.9. The number of aliphatic hydroxyl groups is 2. The molecule has 5 saturated carbocycles. The van der Waals surface area contributed by atoms with Crippen molar-refractivity contribution >= 4 is 5.91 Å². The number of aliphatic hydroxyl groups excluding tert-OH is 1. The first-order chi connectivity index (χ1) is 21.3. The smallest absolute Gasteiger partial charge is 0.222 e. The molecule has 8 unspecified atom stereocenters. The van der Waals surface area contributed by atoms with Crippen LogP contribution in [0.25, 0.3) is 0 Å². The molecular formula is C38H65NO6. The number of rotatable bonds is 8. The van der Waals surface area contributed by atoms with Crippen LogP contribution in [-0.2, 0) is 19.0 Å². The van der Waals surface area contributed by atoms with Crippen molar-refractivity contribution in [2.75, 3.05) is 19.7 Å². The number of morpholine rings is 1. The normalized spacial score (nSPS) is 47.5. The van der Waals surface area contributed by atoms with E-state index in [1.165, 1.54) is 38.5 Å². The van der Waals surface area contributed by atoms with Gasteiger partial charge in [-0.3, -0.25) is 4.79 Å². The second-order valence-corrected chi connectivity index (χ2v) is 18.2. The molecule has 7 rings (SSSR count). The van der Waals surface area contributed by atoms with Gasteiger partial charge in [-0.1, -0.05) is 40.5 Å². The summed E-state index contributed by atoms with van der Waals surface area (Å²) in [7, 11) is 0. The van der Waals surface area contributed by atoms with Crippen molar-refractivity contribution in [2.45, 2.75) is 168 Å². The fourth-order valence-electron chi connectivity index (χ4n) is 13.0. The highest BCUT2D eigenvalue weighted by atomic mass is 16.7. The zero-order valence-electron chi connectivity index (χ0n) is 29.2. The average Bonchev–Trinajstić information content (AvgIpc) is 3.57. The van der Waals surface area contributed by atoms with Gasteiger partial charge in [-0.05, 0) is 130 Å². The van der Waals surface area contributed by atoms with E-state index < -0.39 is 11.7 Å². The zero-order chi connectivity index (χ0) is 32.0. The highest BCUT2D eigenvalue weighted by Gasteiger charge is 2.80. The van der Waals surface area contributed by atoms with E-state index >= 15 is 0 Å². The van der Waals surface area contributed by atoms with E-state index in [1.807, 2.05) is 4.90 Å². The Hall–Kier alpha value is -0.730. The Labute approximate surface area is 274 Å². The average molecular weight is 632 g/mol. The molecule has 7 aliphatic rings. The first kappa shape index (κ1) is 32.8. The fourth-order valence-corrected chi connectivity index (χ4v) is 13.0. The molecule has 2 saturated heterocycles. The third-order valence-corrected chi connectivity index (χ3v) is 15.3. The molecule has 0 radical (unpaired) electrons. The summed E-state index contributed by atoms with van der Waals surface area (Å²) in [4.78, 5) is 14.8. The van der Waals surface area contributed by atoms with E-state index in [2.05, 4.69) is 27.7 Å². The molecule has 2 aliphatic heterocycles. The zero-order valence-corrected chi connectivity index (χ0v) is 29.2. The lowest BCUT2D eigenvalue weighted by atomic mass is 9.46. The number of hydrogen-bond donors (Lipinski definition) is 2. The van der Waals surface area contributed by atoms with Gasteiger partial charge in [0.15, 0.2) is 6.29 Å². The van der Waals surface area contributed by atoms with Gasteiger partial charge in [0.2, 0.25) is 5.91 Å². The van der Waals surface area contributed by atoms with Crippen molar-refractivity contribution in [1.82, 2.24) is 4.90 Å². The fraction of sp³-hybridized carbons (Fsp3) is 0.974. The van der Waals surface area contributed by atoms with Crippen LogP contribution in [-0.4, -0.2) is 77.0 Å². The minimum atomic E-state index is -1.14. The first-order valence-corrected chi connectivity index (χ1v) is 18.9. The molecule has 258 valence electrons. The Morgan fingerprint density at radius 1 is 1.02 bits per heavy atom. The molecule has 45 heavy (non-hydrogen) atoms. The lowest BCUT2D eigenvalue weighted by Gasteiger charge is -2.60. The molecule has 12 atom stereocenters. The van der Waals surface area contributed by atoms with Gasteiger partial charge >= 0.3 is 0 Å². The van der Waals surface area contributed by atoms with Crippen molar-refractivity contribution < 1.29 is 30.6 Å². The van der Waals surface area contributed by atoms with Crippen LogP contribution in [0, 0.1) is 45.3 Å². The molecular weight excluding hydrogens is 566 g/mol. The molecule has 0 aromatic rings. The number of fused-ring (bicyclic) bond motifs is 4. The quantitative estimate of drug-likeness (QED) is 0.289. The molecule has 2 spiro atoms. The van der Waals surface area contributed by atoms with E-state index in [1.54, 1.807) is 13.8 Å². The van der Waals surface area contributed by atoms with Crippen molar-refractivity contribution in [3.8, 4) is 0 Å². The van der Waals surface area contributed by atoms with E-state index in [-0.39, 0.29) is 37.4 Å². The maximum atomic E-state index is 12.9. The molecule has 5 aliphatic carbocycles. The number of hydrogen-bond acceptors (Lipinski definition) is 6. The van der Waals surface area contributed by atoms with Crippen LogP contribution < -0.4 is 0 Å².